The minimum atomic E-state index is -1.33. The van der Waals surface area contributed by atoms with E-state index in [0.29, 0.717) is 6.42 Å². The number of benzene rings is 4. The molecule has 234 valence electrons. The fourth-order valence-corrected chi connectivity index (χ4v) is 5.97. The van der Waals surface area contributed by atoms with Gasteiger partial charge in [-0.2, -0.15) is 0 Å². The highest BCUT2D eigenvalue weighted by Crippen LogP contribution is 2.31. The first kappa shape index (κ1) is 32.1. The Morgan fingerprint density at radius 3 is 2.09 bits per heavy atom. The zero-order valence-electron chi connectivity index (χ0n) is 26.0. The molecular weight excluding hydrogens is 576 g/mol. The van der Waals surface area contributed by atoms with Crippen molar-refractivity contribution in [2.75, 3.05) is 0 Å². The summed E-state index contributed by atoms with van der Waals surface area (Å²) in [7, 11) is 0. The monoisotopic (exact) mass is 614 g/mol. The summed E-state index contributed by atoms with van der Waals surface area (Å²) in [6.07, 6.45) is 5.58. The van der Waals surface area contributed by atoms with Crippen molar-refractivity contribution in [1.82, 2.24) is 9.88 Å². The maximum Gasteiger partial charge on any atom is 0.307 e. The van der Waals surface area contributed by atoms with Gasteiger partial charge in [-0.3, -0.25) is 19.4 Å². The van der Waals surface area contributed by atoms with Gasteiger partial charge in [-0.05, 0) is 76.7 Å². The lowest BCUT2D eigenvalue weighted by atomic mass is 9.88. The second kappa shape index (κ2) is 14.7. The van der Waals surface area contributed by atoms with Gasteiger partial charge in [-0.15, -0.1) is 0 Å². The van der Waals surface area contributed by atoms with Crippen LogP contribution in [0.15, 0.2) is 109 Å². The van der Waals surface area contributed by atoms with Gasteiger partial charge in [0, 0.05) is 36.8 Å². The lowest BCUT2D eigenvalue weighted by molar-refractivity contribution is -0.151. The number of fused-ring (bicyclic) bond motifs is 2. The minimum absolute atomic E-state index is 0.169. The average Bonchev–Trinajstić information content (AvgIpc) is 3.05. The van der Waals surface area contributed by atoms with Gasteiger partial charge in [0.25, 0.3) is 0 Å². The van der Waals surface area contributed by atoms with Crippen molar-refractivity contribution in [3.8, 4) is 0 Å². The van der Waals surface area contributed by atoms with Crippen molar-refractivity contribution in [1.29, 1.82) is 0 Å². The van der Waals surface area contributed by atoms with Gasteiger partial charge in [0.05, 0.1) is 12.3 Å². The summed E-state index contributed by atoms with van der Waals surface area (Å²) in [4.78, 5) is 43.6. The molecule has 0 fully saturated rings. The van der Waals surface area contributed by atoms with Crippen LogP contribution in [0.2, 0.25) is 0 Å². The molecule has 4 aromatic carbocycles. The molecule has 0 aliphatic heterocycles. The summed E-state index contributed by atoms with van der Waals surface area (Å²) in [5, 5.41) is 23.5. The van der Waals surface area contributed by atoms with Crippen LogP contribution in [0.25, 0.3) is 27.6 Å². The van der Waals surface area contributed by atoms with Crippen LogP contribution in [0, 0.1) is 12.8 Å². The molecule has 0 aliphatic rings. The van der Waals surface area contributed by atoms with E-state index in [2.05, 4.69) is 47.5 Å². The van der Waals surface area contributed by atoms with Crippen LogP contribution in [0.4, 0.5) is 0 Å². The quantitative estimate of drug-likeness (QED) is 0.140. The van der Waals surface area contributed by atoms with Gasteiger partial charge in [0.15, 0.2) is 0 Å². The predicted octanol–water partition coefficient (Wildman–Crippen LogP) is 7.87. The van der Waals surface area contributed by atoms with Crippen molar-refractivity contribution in [3.63, 3.8) is 0 Å². The summed E-state index contributed by atoms with van der Waals surface area (Å²) < 4.78 is 0. The highest BCUT2D eigenvalue weighted by molar-refractivity contribution is 5.86. The van der Waals surface area contributed by atoms with Gasteiger partial charge >= 0.3 is 11.9 Å². The zero-order chi connectivity index (χ0) is 32.6. The van der Waals surface area contributed by atoms with E-state index in [9.17, 15) is 24.6 Å². The van der Waals surface area contributed by atoms with Crippen molar-refractivity contribution in [3.05, 3.63) is 132 Å². The molecule has 1 aromatic heterocycles. The second-order valence-electron chi connectivity index (χ2n) is 11.9. The SMILES string of the molecule is Cc1ccc(C(C/C=C/c2ccc3ccccc3c2)C(C)N(Cc2ccc3ccccc3c2)C(=O)CC(CC(=O)O)C(=O)O)cn1. The Labute approximate surface area is 268 Å². The van der Waals surface area contributed by atoms with E-state index in [-0.39, 0.29) is 18.5 Å². The number of carbonyl (C=O) groups excluding carboxylic acids is 1. The number of aryl methyl sites for hydroxylation is 1. The minimum Gasteiger partial charge on any atom is -0.481 e. The molecular formula is C39H38N2O5. The molecule has 3 atom stereocenters. The smallest absolute Gasteiger partial charge is 0.307 e. The molecule has 5 rings (SSSR count). The molecule has 7 heteroatoms. The molecule has 5 aromatic rings. The Morgan fingerprint density at radius 1 is 0.804 bits per heavy atom. The topological polar surface area (TPSA) is 108 Å². The number of aliphatic carboxylic acids is 2. The molecule has 0 radical (unpaired) electrons. The maximum absolute atomic E-state index is 14.0. The van der Waals surface area contributed by atoms with Crippen molar-refractivity contribution in [2.24, 2.45) is 5.92 Å². The standard InChI is InChI=1S/C39H38N2O5/c1-26-14-17-34(24-40-26)36(13-7-8-28-15-18-30-9-3-5-11-32(30)20-28)27(2)41(37(42)22-35(39(45)46)23-38(43)44)25-29-16-19-31-10-4-6-12-33(31)21-29/h3-12,14-21,24,27,35-36H,13,22-23,25H2,1-2H3,(H,43,44)(H,45,46)/b8-7+. The van der Waals surface area contributed by atoms with E-state index in [0.717, 1.165) is 38.5 Å². The van der Waals surface area contributed by atoms with Crippen LogP contribution in [0.5, 0.6) is 0 Å². The fourth-order valence-electron chi connectivity index (χ4n) is 5.97. The number of amides is 1. The third kappa shape index (κ3) is 8.04. The third-order valence-corrected chi connectivity index (χ3v) is 8.59. The Morgan fingerprint density at radius 2 is 1.46 bits per heavy atom. The van der Waals surface area contributed by atoms with Crippen LogP contribution < -0.4 is 0 Å². The van der Waals surface area contributed by atoms with Gasteiger partial charge in [0.1, 0.15) is 0 Å². The summed E-state index contributed by atoms with van der Waals surface area (Å²) >= 11 is 0. The number of carboxylic acid groups (broad SMARTS) is 2. The number of aromatic nitrogens is 1. The lowest BCUT2D eigenvalue weighted by Gasteiger charge is -2.35. The van der Waals surface area contributed by atoms with Crippen LogP contribution in [0.3, 0.4) is 0 Å². The maximum atomic E-state index is 14.0. The van der Waals surface area contributed by atoms with Crippen molar-refractivity contribution < 1.29 is 24.6 Å². The Kier molecular flexibility index (Phi) is 10.2. The number of hydrogen-bond donors (Lipinski definition) is 2. The van der Waals surface area contributed by atoms with Gasteiger partial charge in [-0.1, -0.05) is 91.0 Å². The largest absolute Gasteiger partial charge is 0.481 e. The lowest BCUT2D eigenvalue weighted by Crippen LogP contribution is -2.43. The van der Waals surface area contributed by atoms with E-state index < -0.39 is 36.6 Å². The van der Waals surface area contributed by atoms with E-state index in [1.165, 1.54) is 5.39 Å². The summed E-state index contributed by atoms with van der Waals surface area (Å²) in [5.74, 6) is -4.46. The fraction of sp³-hybridized carbons (Fsp3) is 0.231. The molecule has 2 N–H and O–H groups in total. The van der Waals surface area contributed by atoms with Crippen LogP contribution in [-0.4, -0.2) is 44.0 Å². The molecule has 0 spiro atoms. The molecule has 46 heavy (non-hydrogen) atoms. The highest BCUT2D eigenvalue weighted by Gasteiger charge is 2.32. The van der Waals surface area contributed by atoms with E-state index in [1.807, 2.05) is 86.8 Å². The molecule has 0 saturated carbocycles. The number of rotatable bonds is 13. The van der Waals surface area contributed by atoms with Gasteiger partial charge in [-0.25, -0.2) is 0 Å². The first-order valence-electron chi connectivity index (χ1n) is 15.5. The molecule has 7 nitrogen and oxygen atoms in total. The third-order valence-electron chi connectivity index (χ3n) is 8.59. The van der Waals surface area contributed by atoms with Crippen molar-refractivity contribution >= 4 is 45.5 Å². The molecule has 0 saturated heterocycles. The number of pyridine rings is 1. The Bertz CT molecular complexity index is 1880. The number of allylic oxidation sites excluding steroid dienone is 1. The number of carbonyl (C=O) groups is 3. The van der Waals surface area contributed by atoms with Crippen LogP contribution in [-0.2, 0) is 20.9 Å². The molecule has 1 amide bonds. The zero-order valence-corrected chi connectivity index (χ0v) is 26.0. The first-order chi connectivity index (χ1) is 22.2. The summed E-state index contributed by atoms with van der Waals surface area (Å²) in [6.45, 7) is 4.14. The number of hydrogen-bond acceptors (Lipinski definition) is 4. The van der Waals surface area contributed by atoms with E-state index in [1.54, 1.807) is 4.90 Å². The molecule has 3 unspecified atom stereocenters. The van der Waals surface area contributed by atoms with Crippen LogP contribution in [0.1, 0.15) is 54.5 Å². The number of carboxylic acids is 2. The van der Waals surface area contributed by atoms with Crippen molar-refractivity contribution in [2.45, 2.75) is 51.6 Å². The molecule has 1 heterocycles. The van der Waals surface area contributed by atoms with Gasteiger partial charge in [0.2, 0.25) is 5.91 Å². The second-order valence-corrected chi connectivity index (χ2v) is 11.9. The summed E-state index contributed by atoms with van der Waals surface area (Å²) in [6, 6.07) is 32.1. The summed E-state index contributed by atoms with van der Waals surface area (Å²) in [5.41, 5.74) is 3.80. The average molecular weight is 615 g/mol. The number of nitrogens with zero attached hydrogens (tertiary/aromatic N) is 2. The van der Waals surface area contributed by atoms with E-state index in [4.69, 9.17) is 0 Å². The predicted molar refractivity (Wildman–Crippen MR) is 181 cm³/mol. The molecule has 0 aliphatic carbocycles. The normalized spacial score (nSPS) is 13.4. The van der Waals surface area contributed by atoms with Gasteiger partial charge < -0.3 is 15.1 Å². The molecule has 0 bridgehead atoms. The Balaban J connectivity index is 1.48. The van der Waals surface area contributed by atoms with E-state index >= 15 is 0 Å². The first-order valence-corrected chi connectivity index (χ1v) is 15.5. The highest BCUT2D eigenvalue weighted by atomic mass is 16.4. The Hall–Kier alpha value is -5.30. The van der Waals surface area contributed by atoms with Crippen LogP contribution >= 0.6 is 0 Å².